The quantitative estimate of drug-likeness (QED) is 0.118. The molecule has 3 fully saturated rings. The molecule has 4 amide bonds. The summed E-state index contributed by atoms with van der Waals surface area (Å²) in [6, 6.07) is 12.7. The van der Waals surface area contributed by atoms with Crippen LogP contribution in [0.15, 0.2) is 66.9 Å². The highest BCUT2D eigenvalue weighted by Crippen LogP contribution is 2.44. The van der Waals surface area contributed by atoms with Crippen LogP contribution in [0.1, 0.15) is 90.2 Å². The number of nitrogens with one attached hydrogen (secondary N) is 2. The summed E-state index contributed by atoms with van der Waals surface area (Å²) >= 11 is 0. The Morgan fingerprint density at radius 3 is 2.55 bits per heavy atom. The molecular weight excluding hydrogens is 901 g/mol. The number of amides is 4. The Morgan fingerprint density at radius 2 is 1.82 bits per heavy atom. The molecule has 3 N–H and O–H groups in total. The molecule has 5 atom stereocenters. The summed E-state index contributed by atoms with van der Waals surface area (Å²) in [5.41, 5.74) is 8.81. The maximum atomic E-state index is 14.9. The van der Waals surface area contributed by atoms with Crippen LogP contribution < -0.4 is 10.7 Å². The van der Waals surface area contributed by atoms with Gasteiger partial charge >= 0.3 is 5.97 Å². The van der Waals surface area contributed by atoms with E-state index < -0.39 is 46.7 Å². The largest absolute Gasteiger partial charge is 0.508 e. The zero-order valence-corrected chi connectivity index (χ0v) is 42.9. The van der Waals surface area contributed by atoms with Crippen LogP contribution in [-0.2, 0) is 52.8 Å². The molecule has 6 heterocycles. The Morgan fingerprint density at radius 1 is 1.04 bits per heavy atom. The fourth-order valence-corrected chi connectivity index (χ4v) is 11.1. The standard InChI is InChI=1S/C55H72N8O8/c1-10-61-45-18-17-37-30-41(45)42(49(61)40-14-11-21-56-47(40)35(4)70-9)31-54(5,6)33-71-52(68)43-15-12-23-63(58-43)51(67)44(28-36-26-38(37)29-39(64)27-36)57-50(66)48(34(2)3)62-25-20-55(53(62)69)19-24-60(32-55)46(65)16-13-22-59(7)8/h11,13-14,16-18,21,26-27,29-30,34-35,43-44,48,58,64H,10,12,15,19-20,22-25,28,31-33H2,1-9H3,(H,57,66)/b16-13+/t35-,43-,44-,48-,55-/m0/s1. The van der Waals surface area contributed by atoms with Crippen LogP contribution in [-0.4, -0.2) is 143 Å². The fourth-order valence-electron chi connectivity index (χ4n) is 11.1. The molecule has 2 aromatic heterocycles. The number of fused-ring (bicyclic) bond motifs is 6. The van der Waals surface area contributed by atoms with Gasteiger partial charge in [0.25, 0.3) is 5.91 Å². The van der Waals surface area contributed by atoms with Crippen molar-refractivity contribution in [3.8, 4) is 28.1 Å². The van der Waals surface area contributed by atoms with Gasteiger partial charge in [0.05, 0.1) is 29.5 Å². The number of ether oxygens (including phenoxy) is 2. The molecule has 16 nitrogen and oxygen atoms in total. The first-order valence-corrected chi connectivity index (χ1v) is 25.3. The lowest BCUT2D eigenvalue weighted by atomic mass is 9.84. The van der Waals surface area contributed by atoms with Crippen molar-refractivity contribution in [1.29, 1.82) is 0 Å². The van der Waals surface area contributed by atoms with Crippen LogP contribution in [0, 0.1) is 16.7 Å². The number of aromatic nitrogens is 2. The molecule has 4 aliphatic rings. The number of rotatable bonds is 11. The van der Waals surface area contributed by atoms with Crippen molar-refractivity contribution in [2.75, 3.05) is 60.5 Å². The lowest BCUT2D eigenvalue weighted by molar-refractivity contribution is -0.155. The zero-order chi connectivity index (χ0) is 50.9. The number of nitrogens with zero attached hydrogens (tertiary/aromatic N) is 6. The highest BCUT2D eigenvalue weighted by atomic mass is 16.5. The van der Waals surface area contributed by atoms with Crippen molar-refractivity contribution in [2.24, 2.45) is 16.7 Å². The molecule has 71 heavy (non-hydrogen) atoms. The average molecular weight is 973 g/mol. The summed E-state index contributed by atoms with van der Waals surface area (Å²) in [4.78, 5) is 81.4. The van der Waals surface area contributed by atoms with Crippen molar-refractivity contribution in [3.05, 3.63) is 83.7 Å². The second-order valence-corrected chi connectivity index (χ2v) is 21.4. The number of cyclic esters (lactones) is 1. The number of benzene rings is 2. The number of methoxy groups -OCH3 is 1. The Labute approximate surface area is 417 Å². The van der Waals surface area contributed by atoms with Gasteiger partial charge in [0.15, 0.2) is 0 Å². The molecule has 3 saturated heterocycles. The van der Waals surface area contributed by atoms with Gasteiger partial charge < -0.3 is 39.2 Å². The molecule has 16 heteroatoms. The number of phenols is 1. The molecular formula is C55H72N8O8. The zero-order valence-electron chi connectivity index (χ0n) is 42.9. The normalized spacial score (nSPS) is 22.7. The monoisotopic (exact) mass is 973 g/mol. The fraction of sp³-hybridized carbons (Fsp3) is 0.527. The molecule has 0 radical (unpaired) electrons. The van der Waals surface area contributed by atoms with Crippen LogP contribution in [0.2, 0.25) is 0 Å². The van der Waals surface area contributed by atoms with Gasteiger partial charge in [-0.1, -0.05) is 45.9 Å². The third-order valence-corrected chi connectivity index (χ3v) is 14.9. The van der Waals surface area contributed by atoms with E-state index in [2.05, 4.69) is 54.3 Å². The van der Waals surface area contributed by atoms with E-state index in [1.807, 2.05) is 64.0 Å². The first-order valence-electron chi connectivity index (χ1n) is 25.3. The number of carbonyl (C=O) groups excluding carboxylic acids is 5. The van der Waals surface area contributed by atoms with Gasteiger partial charge in [-0.05, 0) is 125 Å². The van der Waals surface area contributed by atoms with Gasteiger partial charge in [-0.25, -0.2) is 5.43 Å². The van der Waals surface area contributed by atoms with Gasteiger partial charge in [0.2, 0.25) is 17.7 Å². The number of likely N-dealkylation sites (tertiary alicyclic amines) is 2. The molecule has 8 rings (SSSR count). The maximum absolute atomic E-state index is 14.9. The van der Waals surface area contributed by atoms with Crippen molar-refractivity contribution in [2.45, 2.75) is 111 Å². The van der Waals surface area contributed by atoms with E-state index in [1.54, 1.807) is 41.3 Å². The van der Waals surface area contributed by atoms with E-state index in [1.165, 1.54) is 5.01 Å². The topological polar surface area (TPSA) is 179 Å². The number of hydrazine groups is 1. The van der Waals surface area contributed by atoms with Crippen LogP contribution in [0.3, 0.4) is 0 Å². The van der Waals surface area contributed by atoms with Crippen molar-refractivity contribution in [1.82, 2.24) is 40.0 Å². The summed E-state index contributed by atoms with van der Waals surface area (Å²) in [5, 5.41) is 16.9. The van der Waals surface area contributed by atoms with Crippen molar-refractivity contribution in [3.63, 3.8) is 0 Å². The van der Waals surface area contributed by atoms with Crippen molar-refractivity contribution >= 4 is 40.5 Å². The molecule has 4 aliphatic heterocycles. The SMILES string of the molecule is CCn1c(-c2cccnc2[C@H](C)OC)c2c3cc(ccc31)-c1cc(O)cc(c1)C[C@H](NC(=O)[C@H](C(C)C)N1CC[C@]3(CCN(C(=O)/C=C/CN(C)C)C3)C1=O)C(=O)N1CCC[C@H](N1)C(=O)OCC(C)(C)C2. The third kappa shape index (κ3) is 10.6. The molecule has 380 valence electrons. The first kappa shape index (κ1) is 51.3. The number of pyridine rings is 1. The van der Waals surface area contributed by atoms with Gasteiger partial charge in [0, 0.05) is 87.0 Å². The Kier molecular flexibility index (Phi) is 15.1. The van der Waals surface area contributed by atoms with E-state index in [9.17, 15) is 29.1 Å². The summed E-state index contributed by atoms with van der Waals surface area (Å²) in [5.74, 6) is -2.05. The Balaban J connectivity index is 1.16. The van der Waals surface area contributed by atoms with E-state index in [4.69, 9.17) is 14.5 Å². The van der Waals surface area contributed by atoms with Crippen LogP contribution >= 0.6 is 0 Å². The van der Waals surface area contributed by atoms with E-state index in [-0.39, 0.29) is 55.7 Å². The molecule has 1 spiro atoms. The minimum absolute atomic E-state index is 0.000110. The summed E-state index contributed by atoms with van der Waals surface area (Å²) in [7, 11) is 5.53. The lowest BCUT2D eigenvalue weighted by Gasteiger charge is -2.37. The predicted molar refractivity (Wildman–Crippen MR) is 272 cm³/mol. The van der Waals surface area contributed by atoms with Crippen molar-refractivity contribution < 1.29 is 38.6 Å². The summed E-state index contributed by atoms with van der Waals surface area (Å²) in [6.07, 6.45) is 7.37. The predicted octanol–water partition coefficient (Wildman–Crippen LogP) is 6.05. The minimum atomic E-state index is -1.16. The van der Waals surface area contributed by atoms with Crippen LogP contribution in [0.4, 0.5) is 0 Å². The Hall–Kier alpha value is -6.10. The van der Waals surface area contributed by atoms with Crippen LogP contribution in [0.5, 0.6) is 5.75 Å². The average Bonchev–Trinajstić information content (AvgIpc) is 4.01. The van der Waals surface area contributed by atoms with E-state index in [0.717, 1.165) is 44.5 Å². The first-order chi connectivity index (χ1) is 33.8. The molecule has 0 aliphatic carbocycles. The van der Waals surface area contributed by atoms with Gasteiger partial charge in [0.1, 0.15) is 23.9 Å². The maximum Gasteiger partial charge on any atom is 0.324 e. The molecule has 0 saturated carbocycles. The lowest BCUT2D eigenvalue weighted by Crippen LogP contribution is -2.62. The second-order valence-electron chi connectivity index (χ2n) is 21.4. The van der Waals surface area contributed by atoms with E-state index >= 15 is 0 Å². The Bertz CT molecular complexity index is 2710. The van der Waals surface area contributed by atoms with Gasteiger partial charge in [-0.15, -0.1) is 0 Å². The number of esters is 1. The number of aromatic hydroxyl groups is 1. The van der Waals surface area contributed by atoms with E-state index in [0.29, 0.717) is 63.8 Å². The smallest absolute Gasteiger partial charge is 0.324 e. The minimum Gasteiger partial charge on any atom is -0.508 e. The molecule has 6 bridgehead atoms. The van der Waals surface area contributed by atoms with Gasteiger partial charge in [-0.3, -0.25) is 34.0 Å². The number of aryl methyl sites for hydroxylation is 1. The summed E-state index contributed by atoms with van der Waals surface area (Å²) < 4.78 is 14.3. The molecule has 0 unspecified atom stereocenters. The number of phenolic OH excluding ortho intramolecular Hbond substituents is 1. The summed E-state index contributed by atoms with van der Waals surface area (Å²) in [6.45, 7) is 14.8. The molecule has 4 aromatic rings. The number of likely N-dealkylation sites (N-methyl/N-ethyl adjacent to an activating group) is 1. The third-order valence-electron chi connectivity index (χ3n) is 14.9. The van der Waals surface area contributed by atoms with Crippen LogP contribution in [0.25, 0.3) is 33.3 Å². The number of hydrogen-bond acceptors (Lipinski definition) is 11. The van der Waals surface area contributed by atoms with Gasteiger partial charge in [-0.2, -0.15) is 0 Å². The molecule has 2 aromatic carbocycles. The highest BCUT2D eigenvalue weighted by molar-refractivity contribution is 5.97. The highest BCUT2D eigenvalue weighted by Gasteiger charge is 2.54. The number of carbonyl (C=O) groups is 5. The second kappa shape index (κ2) is 20.9. The number of hydrogen-bond donors (Lipinski definition) is 3.